The molecule has 3 nitrogen and oxygen atoms in total. The molecular weight excluding hydrogens is 192 g/mol. The lowest BCUT2D eigenvalue weighted by Gasteiger charge is -2.34. The van der Waals surface area contributed by atoms with Crippen molar-refractivity contribution in [3.05, 3.63) is 29.3 Å². The summed E-state index contributed by atoms with van der Waals surface area (Å²) in [5, 5.41) is 0. The van der Waals surface area contributed by atoms with Crippen LogP contribution in [0.1, 0.15) is 31.3 Å². The zero-order valence-electron chi connectivity index (χ0n) is 9.32. The normalized spacial score (nSPS) is 24.7. The van der Waals surface area contributed by atoms with Gasteiger partial charge in [0.2, 0.25) is 0 Å². The topological polar surface area (TPSA) is 27.7 Å². The maximum absolute atomic E-state index is 5.55. The van der Waals surface area contributed by atoms with E-state index in [0.717, 1.165) is 11.3 Å². The zero-order chi connectivity index (χ0) is 10.8. The van der Waals surface area contributed by atoms with Crippen LogP contribution in [0.2, 0.25) is 0 Å². The minimum Gasteiger partial charge on any atom is -0.493 e. The molecule has 0 spiro atoms. The highest BCUT2D eigenvalue weighted by atomic mass is 16.9. The van der Waals surface area contributed by atoms with Gasteiger partial charge in [-0.05, 0) is 38.5 Å². The van der Waals surface area contributed by atoms with Crippen molar-refractivity contribution in [1.29, 1.82) is 0 Å². The summed E-state index contributed by atoms with van der Waals surface area (Å²) in [7, 11) is 0. The average molecular weight is 208 g/mol. The van der Waals surface area contributed by atoms with Crippen molar-refractivity contribution in [2.24, 2.45) is 0 Å². The minimum atomic E-state index is -0.262. The zero-order valence-corrected chi connectivity index (χ0v) is 9.32. The predicted molar refractivity (Wildman–Crippen MR) is 56.7 cm³/mol. The summed E-state index contributed by atoms with van der Waals surface area (Å²) in [5.74, 6) is 0.856. The van der Waals surface area contributed by atoms with E-state index in [4.69, 9.17) is 14.2 Å². The summed E-state index contributed by atoms with van der Waals surface area (Å²) < 4.78 is 16.4. The van der Waals surface area contributed by atoms with Crippen molar-refractivity contribution in [2.75, 3.05) is 6.61 Å². The highest BCUT2D eigenvalue weighted by Gasteiger charge is 2.30. The van der Waals surface area contributed by atoms with E-state index in [2.05, 4.69) is 0 Å². The Hall–Kier alpha value is -1.06. The lowest BCUT2D eigenvalue weighted by Crippen LogP contribution is -2.31. The molecule has 1 aromatic carbocycles. The molecule has 2 rings (SSSR count). The Balaban J connectivity index is 2.21. The SMILES string of the molecule is CCOc1cc(C)ccc1C1OC(C)O1. The van der Waals surface area contributed by atoms with Gasteiger partial charge in [0.15, 0.2) is 12.6 Å². The Kier molecular flexibility index (Phi) is 2.93. The number of aryl methyl sites for hydroxylation is 1. The second kappa shape index (κ2) is 4.21. The van der Waals surface area contributed by atoms with Gasteiger partial charge in [-0.15, -0.1) is 0 Å². The summed E-state index contributed by atoms with van der Waals surface area (Å²) in [6.07, 6.45) is -0.368. The molecule has 1 heterocycles. The van der Waals surface area contributed by atoms with Crippen LogP contribution in [-0.4, -0.2) is 12.9 Å². The van der Waals surface area contributed by atoms with E-state index in [1.54, 1.807) is 0 Å². The average Bonchev–Trinajstić information content (AvgIpc) is 2.15. The third kappa shape index (κ3) is 2.13. The number of hydrogen-bond donors (Lipinski definition) is 0. The second-order valence-electron chi connectivity index (χ2n) is 3.65. The van der Waals surface area contributed by atoms with E-state index in [9.17, 15) is 0 Å². The van der Waals surface area contributed by atoms with Crippen molar-refractivity contribution in [3.63, 3.8) is 0 Å². The fourth-order valence-electron chi connectivity index (χ4n) is 1.62. The standard InChI is InChI=1S/C12H16O3/c1-4-13-11-7-8(2)5-6-10(11)12-14-9(3)15-12/h5-7,9,12H,4H2,1-3H3. The van der Waals surface area contributed by atoms with Gasteiger partial charge in [-0.3, -0.25) is 0 Å². The highest BCUT2D eigenvalue weighted by Crippen LogP contribution is 2.37. The molecule has 0 bridgehead atoms. The molecule has 82 valence electrons. The van der Waals surface area contributed by atoms with Gasteiger partial charge < -0.3 is 14.2 Å². The van der Waals surface area contributed by atoms with Crippen molar-refractivity contribution in [3.8, 4) is 5.75 Å². The molecule has 0 aromatic heterocycles. The third-order valence-corrected chi connectivity index (χ3v) is 2.35. The van der Waals surface area contributed by atoms with Crippen molar-refractivity contribution >= 4 is 0 Å². The lowest BCUT2D eigenvalue weighted by atomic mass is 10.1. The molecule has 1 aromatic rings. The monoisotopic (exact) mass is 208 g/mol. The molecule has 0 amide bonds. The predicted octanol–water partition coefficient (Wildman–Crippen LogP) is 2.79. The van der Waals surface area contributed by atoms with Crippen LogP contribution in [0.5, 0.6) is 5.75 Å². The number of benzene rings is 1. The smallest absolute Gasteiger partial charge is 0.193 e. The molecule has 0 radical (unpaired) electrons. The summed E-state index contributed by atoms with van der Waals surface area (Å²) in [4.78, 5) is 0. The van der Waals surface area contributed by atoms with Crippen LogP contribution in [0.15, 0.2) is 18.2 Å². The highest BCUT2D eigenvalue weighted by molar-refractivity contribution is 5.38. The molecule has 1 aliphatic heterocycles. The lowest BCUT2D eigenvalue weighted by molar-refractivity contribution is -0.382. The Morgan fingerprint density at radius 3 is 2.67 bits per heavy atom. The van der Waals surface area contributed by atoms with Crippen molar-refractivity contribution in [2.45, 2.75) is 33.4 Å². The van der Waals surface area contributed by atoms with Gasteiger partial charge >= 0.3 is 0 Å². The van der Waals surface area contributed by atoms with E-state index in [1.165, 1.54) is 5.56 Å². The van der Waals surface area contributed by atoms with Gasteiger partial charge in [-0.25, -0.2) is 0 Å². The first-order valence-corrected chi connectivity index (χ1v) is 5.25. The summed E-state index contributed by atoms with van der Waals surface area (Å²) in [5.41, 5.74) is 2.15. The number of rotatable bonds is 3. The van der Waals surface area contributed by atoms with Crippen LogP contribution in [0.25, 0.3) is 0 Å². The van der Waals surface area contributed by atoms with Gasteiger partial charge in [-0.2, -0.15) is 0 Å². The first-order chi connectivity index (χ1) is 7.20. The molecule has 0 N–H and O–H groups in total. The molecule has 0 atom stereocenters. The molecule has 1 saturated heterocycles. The van der Waals surface area contributed by atoms with E-state index in [1.807, 2.05) is 39.0 Å². The number of ether oxygens (including phenoxy) is 3. The third-order valence-electron chi connectivity index (χ3n) is 2.35. The molecule has 15 heavy (non-hydrogen) atoms. The van der Waals surface area contributed by atoms with Crippen LogP contribution in [-0.2, 0) is 9.47 Å². The van der Waals surface area contributed by atoms with Gasteiger partial charge in [0.05, 0.1) is 6.61 Å². The molecule has 1 fully saturated rings. The Labute approximate surface area is 90.0 Å². The Morgan fingerprint density at radius 2 is 2.07 bits per heavy atom. The quantitative estimate of drug-likeness (QED) is 0.764. The van der Waals surface area contributed by atoms with Gasteiger partial charge in [0, 0.05) is 5.56 Å². The van der Waals surface area contributed by atoms with Gasteiger partial charge in [0.25, 0.3) is 0 Å². The molecule has 1 aliphatic rings. The van der Waals surface area contributed by atoms with E-state index in [-0.39, 0.29) is 12.6 Å². The van der Waals surface area contributed by atoms with E-state index < -0.39 is 0 Å². The van der Waals surface area contributed by atoms with Gasteiger partial charge in [0.1, 0.15) is 5.75 Å². The van der Waals surface area contributed by atoms with Crippen LogP contribution in [0.4, 0.5) is 0 Å². The maximum atomic E-state index is 5.55. The van der Waals surface area contributed by atoms with Crippen LogP contribution in [0, 0.1) is 6.92 Å². The first kappa shape index (κ1) is 10.5. The largest absolute Gasteiger partial charge is 0.493 e. The maximum Gasteiger partial charge on any atom is 0.193 e. The molecule has 0 aliphatic carbocycles. The fourth-order valence-corrected chi connectivity index (χ4v) is 1.62. The minimum absolute atomic E-state index is 0.106. The number of hydrogen-bond acceptors (Lipinski definition) is 3. The summed E-state index contributed by atoms with van der Waals surface area (Å²) in [6.45, 7) is 6.54. The van der Waals surface area contributed by atoms with Crippen molar-refractivity contribution < 1.29 is 14.2 Å². The summed E-state index contributed by atoms with van der Waals surface area (Å²) in [6, 6.07) is 6.04. The molecule has 3 heteroatoms. The van der Waals surface area contributed by atoms with E-state index >= 15 is 0 Å². The van der Waals surface area contributed by atoms with Crippen molar-refractivity contribution in [1.82, 2.24) is 0 Å². The van der Waals surface area contributed by atoms with E-state index in [0.29, 0.717) is 6.61 Å². The Bertz CT molecular complexity index is 343. The van der Waals surface area contributed by atoms with Gasteiger partial charge in [-0.1, -0.05) is 6.07 Å². The molecule has 0 unspecified atom stereocenters. The Morgan fingerprint density at radius 1 is 1.33 bits per heavy atom. The first-order valence-electron chi connectivity index (χ1n) is 5.25. The van der Waals surface area contributed by atoms with Crippen LogP contribution in [0.3, 0.4) is 0 Å². The summed E-state index contributed by atoms with van der Waals surface area (Å²) >= 11 is 0. The second-order valence-corrected chi connectivity index (χ2v) is 3.65. The van der Waals surface area contributed by atoms with Crippen LogP contribution < -0.4 is 4.74 Å². The fraction of sp³-hybridized carbons (Fsp3) is 0.500. The molecular formula is C12H16O3. The molecule has 0 saturated carbocycles. The van der Waals surface area contributed by atoms with Crippen LogP contribution >= 0.6 is 0 Å².